The quantitative estimate of drug-likeness (QED) is 0.802. The molecule has 1 aliphatic rings. The van der Waals surface area contributed by atoms with E-state index in [0.29, 0.717) is 11.7 Å². The Labute approximate surface area is 113 Å². The summed E-state index contributed by atoms with van der Waals surface area (Å²) in [4.78, 5) is 13.7. The van der Waals surface area contributed by atoms with Gasteiger partial charge in [-0.2, -0.15) is 0 Å². The van der Waals surface area contributed by atoms with Crippen molar-refractivity contribution < 1.29 is 9.18 Å². The van der Waals surface area contributed by atoms with Crippen molar-refractivity contribution in [1.29, 1.82) is 0 Å². The summed E-state index contributed by atoms with van der Waals surface area (Å²) < 4.78 is 13.7. The molecule has 3 nitrogen and oxygen atoms in total. The van der Waals surface area contributed by atoms with Gasteiger partial charge in [0.1, 0.15) is 5.82 Å². The number of Topliss-reactive ketones (excluding diaryl/α,β-unsaturated/α-hetero) is 1. The Morgan fingerprint density at radius 3 is 2.68 bits per heavy atom. The Morgan fingerprint density at radius 2 is 2.16 bits per heavy atom. The van der Waals surface area contributed by atoms with E-state index < -0.39 is 5.82 Å². The number of carbonyl (C=O) groups excluding carboxylic acids is 1. The van der Waals surface area contributed by atoms with Crippen LogP contribution >= 0.6 is 0 Å². The highest BCUT2D eigenvalue weighted by molar-refractivity contribution is 5.99. The maximum atomic E-state index is 13.7. The second-order valence-electron chi connectivity index (χ2n) is 5.47. The second kappa shape index (κ2) is 5.70. The van der Waals surface area contributed by atoms with E-state index in [2.05, 4.69) is 24.3 Å². The number of nitrogens with one attached hydrogen (secondary N) is 1. The van der Waals surface area contributed by atoms with Gasteiger partial charge in [-0.1, -0.05) is 6.07 Å². The summed E-state index contributed by atoms with van der Waals surface area (Å²) >= 11 is 0. The van der Waals surface area contributed by atoms with Gasteiger partial charge in [0.05, 0.1) is 5.56 Å². The number of hydrogen-bond donors (Lipinski definition) is 1. The summed E-state index contributed by atoms with van der Waals surface area (Å²) in [5.41, 5.74) is 0.760. The molecule has 0 amide bonds. The molecule has 1 aromatic carbocycles. The van der Waals surface area contributed by atoms with Gasteiger partial charge in [-0.05, 0) is 51.9 Å². The van der Waals surface area contributed by atoms with Crippen molar-refractivity contribution in [1.82, 2.24) is 4.90 Å². The zero-order chi connectivity index (χ0) is 14.0. The average molecular weight is 264 g/mol. The molecule has 2 rings (SSSR count). The van der Waals surface area contributed by atoms with Crippen LogP contribution in [0.4, 0.5) is 10.1 Å². The van der Waals surface area contributed by atoms with Crippen LogP contribution < -0.4 is 5.32 Å². The fourth-order valence-electron chi connectivity index (χ4n) is 2.50. The van der Waals surface area contributed by atoms with Gasteiger partial charge in [-0.15, -0.1) is 0 Å². The van der Waals surface area contributed by atoms with Gasteiger partial charge in [0.15, 0.2) is 5.78 Å². The Morgan fingerprint density at radius 1 is 1.47 bits per heavy atom. The van der Waals surface area contributed by atoms with Gasteiger partial charge < -0.3 is 10.2 Å². The van der Waals surface area contributed by atoms with Crippen molar-refractivity contribution >= 4 is 11.5 Å². The number of likely N-dealkylation sites (N-methyl/N-ethyl adjacent to an activating group) is 1. The van der Waals surface area contributed by atoms with Crippen LogP contribution in [0, 0.1) is 11.7 Å². The number of hydrogen-bond acceptors (Lipinski definition) is 3. The van der Waals surface area contributed by atoms with E-state index in [1.54, 1.807) is 12.1 Å². The molecule has 1 unspecified atom stereocenters. The SMILES string of the molecule is CC(=O)c1c(F)cccc1NCC(C1CC1)N(C)C. The van der Waals surface area contributed by atoms with Crippen molar-refractivity contribution in [3.8, 4) is 0 Å². The van der Waals surface area contributed by atoms with E-state index in [0.717, 1.165) is 12.5 Å². The molecule has 0 saturated heterocycles. The predicted molar refractivity (Wildman–Crippen MR) is 75.1 cm³/mol. The monoisotopic (exact) mass is 264 g/mol. The van der Waals surface area contributed by atoms with Crippen molar-refractivity contribution in [2.24, 2.45) is 5.92 Å². The number of halogens is 1. The standard InChI is InChI=1S/C15H21FN2O/c1-10(19)15-12(16)5-4-6-13(15)17-9-14(18(2)3)11-7-8-11/h4-6,11,14,17H,7-9H2,1-3H3. The Bertz CT molecular complexity index is 467. The summed E-state index contributed by atoms with van der Waals surface area (Å²) in [5, 5.41) is 3.24. The van der Waals surface area contributed by atoms with Crippen LogP contribution in [-0.2, 0) is 0 Å². The Balaban J connectivity index is 2.10. The number of anilines is 1. The van der Waals surface area contributed by atoms with Gasteiger partial charge in [0.25, 0.3) is 0 Å². The van der Waals surface area contributed by atoms with E-state index in [-0.39, 0.29) is 11.3 Å². The maximum Gasteiger partial charge on any atom is 0.164 e. The lowest BCUT2D eigenvalue weighted by molar-refractivity contribution is 0.101. The molecule has 1 saturated carbocycles. The first kappa shape index (κ1) is 14.0. The highest BCUT2D eigenvalue weighted by Crippen LogP contribution is 2.34. The lowest BCUT2D eigenvalue weighted by Crippen LogP contribution is -2.36. The molecule has 1 aliphatic carbocycles. The largest absolute Gasteiger partial charge is 0.383 e. The van der Waals surface area contributed by atoms with Crippen molar-refractivity contribution in [3.05, 3.63) is 29.6 Å². The van der Waals surface area contributed by atoms with Gasteiger partial charge in [-0.3, -0.25) is 4.79 Å². The van der Waals surface area contributed by atoms with Crippen LogP contribution in [-0.4, -0.2) is 37.4 Å². The van der Waals surface area contributed by atoms with Gasteiger partial charge in [0.2, 0.25) is 0 Å². The third kappa shape index (κ3) is 3.32. The topological polar surface area (TPSA) is 32.3 Å². The molecule has 19 heavy (non-hydrogen) atoms. The molecule has 4 heteroatoms. The number of ketones is 1. The van der Waals surface area contributed by atoms with Crippen molar-refractivity contribution in [2.75, 3.05) is 26.0 Å². The molecule has 1 N–H and O–H groups in total. The van der Waals surface area contributed by atoms with Crippen LogP contribution in [0.3, 0.4) is 0 Å². The summed E-state index contributed by atoms with van der Waals surface area (Å²) in [6.45, 7) is 2.13. The van der Waals surface area contributed by atoms with E-state index in [1.807, 2.05) is 0 Å². The Hall–Kier alpha value is -1.42. The molecule has 0 bridgehead atoms. The number of benzene rings is 1. The van der Waals surface area contributed by atoms with Crippen LogP contribution in [0.2, 0.25) is 0 Å². The number of rotatable bonds is 6. The first-order valence-corrected chi connectivity index (χ1v) is 6.70. The molecule has 1 atom stereocenters. The van der Waals surface area contributed by atoms with Crippen molar-refractivity contribution in [3.63, 3.8) is 0 Å². The summed E-state index contributed by atoms with van der Waals surface area (Å²) in [6.07, 6.45) is 2.51. The average Bonchev–Trinajstić information content (AvgIpc) is 3.12. The van der Waals surface area contributed by atoms with Gasteiger partial charge in [0, 0.05) is 18.3 Å². The number of nitrogens with zero attached hydrogens (tertiary/aromatic N) is 1. The number of carbonyl (C=O) groups is 1. The second-order valence-corrected chi connectivity index (χ2v) is 5.47. The summed E-state index contributed by atoms with van der Waals surface area (Å²) in [6, 6.07) is 5.15. The molecular weight excluding hydrogens is 243 g/mol. The zero-order valence-corrected chi connectivity index (χ0v) is 11.7. The lowest BCUT2D eigenvalue weighted by Gasteiger charge is -2.25. The molecule has 0 heterocycles. The van der Waals surface area contributed by atoms with Crippen LogP contribution in [0.25, 0.3) is 0 Å². The van der Waals surface area contributed by atoms with Crippen molar-refractivity contribution in [2.45, 2.75) is 25.8 Å². The van der Waals surface area contributed by atoms with E-state index >= 15 is 0 Å². The van der Waals surface area contributed by atoms with E-state index in [4.69, 9.17) is 0 Å². The minimum atomic E-state index is -0.453. The molecule has 1 fully saturated rings. The molecule has 1 aromatic rings. The maximum absolute atomic E-state index is 13.7. The van der Waals surface area contributed by atoms with Crippen LogP contribution in [0.1, 0.15) is 30.1 Å². The van der Waals surface area contributed by atoms with Crippen LogP contribution in [0.5, 0.6) is 0 Å². The summed E-state index contributed by atoms with van der Waals surface area (Å²) in [5.74, 6) is 0.0237. The molecule has 104 valence electrons. The normalized spacial score (nSPS) is 16.5. The third-order valence-electron chi connectivity index (χ3n) is 3.70. The zero-order valence-electron chi connectivity index (χ0n) is 11.7. The predicted octanol–water partition coefficient (Wildman–Crippen LogP) is 2.78. The Kier molecular flexibility index (Phi) is 4.20. The fourth-order valence-corrected chi connectivity index (χ4v) is 2.50. The van der Waals surface area contributed by atoms with Gasteiger partial charge in [-0.25, -0.2) is 4.39 Å². The minimum Gasteiger partial charge on any atom is -0.383 e. The lowest BCUT2D eigenvalue weighted by atomic mass is 10.1. The molecule has 0 aromatic heterocycles. The first-order chi connectivity index (χ1) is 9.00. The fraction of sp³-hybridized carbons (Fsp3) is 0.533. The molecule has 0 aliphatic heterocycles. The van der Waals surface area contributed by atoms with Gasteiger partial charge >= 0.3 is 0 Å². The minimum absolute atomic E-state index is 0.163. The highest BCUT2D eigenvalue weighted by Gasteiger charge is 2.32. The first-order valence-electron chi connectivity index (χ1n) is 6.70. The molecular formula is C15H21FN2O. The van der Waals surface area contributed by atoms with E-state index in [1.165, 1.54) is 25.8 Å². The van der Waals surface area contributed by atoms with Crippen LogP contribution in [0.15, 0.2) is 18.2 Å². The third-order valence-corrected chi connectivity index (χ3v) is 3.70. The molecule has 0 radical (unpaired) electrons. The highest BCUT2D eigenvalue weighted by atomic mass is 19.1. The smallest absolute Gasteiger partial charge is 0.164 e. The molecule has 0 spiro atoms. The van der Waals surface area contributed by atoms with E-state index in [9.17, 15) is 9.18 Å². The summed E-state index contributed by atoms with van der Waals surface area (Å²) in [7, 11) is 4.12.